The molecule has 4 rings (SSSR count). The summed E-state index contributed by atoms with van der Waals surface area (Å²) in [4.78, 5) is 16.2. The number of amides is 1. The lowest BCUT2D eigenvalue weighted by molar-refractivity contribution is -0.123. The minimum absolute atomic E-state index is 0.0112. The van der Waals surface area contributed by atoms with Crippen LogP contribution in [-0.2, 0) is 21.2 Å². The summed E-state index contributed by atoms with van der Waals surface area (Å²) in [7, 11) is -3.26. The minimum Gasteiger partial charge on any atom is -0.306 e. The molecule has 0 spiro atoms. The van der Waals surface area contributed by atoms with E-state index >= 15 is 0 Å². The van der Waals surface area contributed by atoms with E-state index in [4.69, 9.17) is 0 Å². The molecule has 2 aromatic rings. The van der Waals surface area contributed by atoms with Gasteiger partial charge in [0.1, 0.15) is 5.82 Å². The number of piperazine rings is 1. The van der Waals surface area contributed by atoms with Crippen LogP contribution in [0, 0.1) is 5.82 Å². The van der Waals surface area contributed by atoms with Gasteiger partial charge in [0.25, 0.3) is 0 Å². The molecule has 2 saturated heterocycles. The number of carbonyl (C=O) groups excluding carboxylic acids is 1. The van der Waals surface area contributed by atoms with E-state index in [1.807, 2.05) is 30.3 Å². The third-order valence-electron chi connectivity index (χ3n) is 5.07. The van der Waals surface area contributed by atoms with Crippen LogP contribution in [0.2, 0.25) is 0 Å². The Hall–Kier alpha value is -2.25. The fourth-order valence-corrected chi connectivity index (χ4v) is 5.88. The van der Waals surface area contributed by atoms with Crippen molar-refractivity contribution < 1.29 is 17.6 Å². The summed E-state index contributed by atoms with van der Waals surface area (Å²) in [6.45, 7) is 0.289. The van der Waals surface area contributed by atoms with Crippen molar-refractivity contribution in [2.45, 2.75) is 18.6 Å². The zero-order valence-electron chi connectivity index (χ0n) is 14.1. The van der Waals surface area contributed by atoms with Gasteiger partial charge in [-0.25, -0.2) is 12.8 Å². The molecule has 26 heavy (non-hydrogen) atoms. The van der Waals surface area contributed by atoms with Gasteiger partial charge in [0.15, 0.2) is 9.84 Å². The molecule has 2 aliphatic heterocycles. The monoisotopic (exact) mass is 374 g/mol. The predicted molar refractivity (Wildman–Crippen MR) is 97.0 cm³/mol. The molecule has 0 N–H and O–H groups in total. The molecular formula is C19H19FN2O3S. The highest BCUT2D eigenvalue weighted by Crippen LogP contribution is 2.32. The van der Waals surface area contributed by atoms with E-state index in [1.165, 1.54) is 6.07 Å². The fraction of sp³-hybridized carbons (Fsp3) is 0.316. The van der Waals surface area contributed by atoms with Gasteiger partial charge in [0.2, 0.25) is 5.91 Å². The molecule has 2 fully saturated rings. The van der Waals surface area contributed by atoms with Gasteiger partial charge in [0, 0.05) is 23.8 Å². The van der Waals surface area contributed by atoms with Crippen molar-refractivity contribution in [2.24, 2.45) is 0 Å². The minimum atomic E-state index is -3.26. The molecule has 2 aliphatic rings. The smallest absolute Gasteiger partial charge is 0.241 e. The summed E-state index contributed by atoms with van der Waals surface area (Å²) in [6.07, 6.45) is 0. The Balaban J connectivity index is 1.68. The van der Waals surface area contributed by atoms with Crippen LogP contribution in [-0.4, -0.2) is 49.4 Å². The number of rotatable bonds is 3. The predicted octanol–water partition coefficient (Wildman–Crippen LogP) is 1.84. The van der Waals surface area contributed by atoms with Crippen molar-refractivity contribution >= 4 is 21.4 Å². The SMILES string of the molecule is O=C1CN(Cc2ccccc2F)C2CS(=O)(=O)CC2N1c1ccccc1. The van der Waals surface area contributed by atoms with E-state index in [-0.39, 0.29) is 42.4 Å². The first kappa shape index (κ1) is 17.2. The second-order valence-corrected chi connectivity index (χ2v) is 8.96. The van der Waals surface area contributed by atoms with E-state index in [2.05, 4.69) is 0 Å². The van der Waals surface area contributed by atoms with Crippen LogP contribution in [0.5, 0.6) is 0 Å². The van der Waals surface area contributed by atoms with Crippen molar-refractivity contribution in [1.29, 1.82) is 0 Å². The van der Waals surface area contributed by atoms with E-state index in [1.54, 1.807) is 28.0 Å². The number of fused-ring (bicyclic) bond motifs is 1. The molecule has 5 nitrogen and oxygen atoms in total. The molecule has 1 amide bonds. The maximum Gasteiger partial charge on any atom is 0.241 e. The van der Waals surface area contributed by atoms with Gasteiger partial charge in [-0.15, -0.1) is 0 Å². The molecule has 2 heterocycles. The highest BCUT2D eigenvalue weighted by atomic mass is 32.2. The fourth-order valence-electron chi connectivity index (χ4n) is 3.90. The molecule has 0 aromatic heterocycles. The molecule has 7 heteroatoms. The van der Waals surface area contributed by atoms with Crippen molar-refractivity contribution in [3.05, 3.63) is 66.0 Å². The van der Waals surface area contributed by atoms with Crippen molar-refractivity contribution in [3.8, 4) is 0 Å². The van der Waals surface area contributed by atoms with E-state index in [0.717, 1.165) is 0 Å². The average Bonchev–Trinajstić information content (AvgIpc) is 2.93. The third-order valence-corrected chi connectivity index (χ3v) is 6.77. The largest absolute Gasteiger partial charge is 0.306 e. The number of nitrogens with zero attached hydrogens (tertiary/aromatic N) is 2. The van der Waals surface area contributed by atoms with Gasteiger partial charge in [0.05, 0.1) is 24.1 Å². The second-order valence-electron chi connectivity index (χ2n) is 6.81. The zero-order chi connectivity index (χ0) is 18.3. The number of carbonyl (C=O) groups is 1. The molecule has 2 unspecified atom stereocenters. The van der Waals surface area contributed by atoms with Gasteiger partial charge in [-0.2, -0.15) is 0 Å². The van der Waals surface area contributed by atoms with Crippen LogP contribution in [0.3, 0.4) is 0 Å². The van der Waals surface area contributed by atoms with Gasteiger partial charge in [-0.05, 0) is 18.2 Å². The van der Waals surface area contributed by atoms with Crippen molar-refractivity contribution in [2.75, 3.05) is 23.0 Å². The lowest BCUT2D eigenvalue weighted by atomic mass is 10.0. The number of benzene rings is 2. The summed E-state index contributed by atoms with van der Waals surface area (Å²) in [5, 5.41) is 0. The van der Waals surface area contributed by atoms with Crippen molar-refractivity contribution in [1.82, 2.24) is 4.90 Å². The zero-order valence-corrected chi connectivity index (χ0v) is 14.9. The van der Waals surface area contributed by atoms with Crippen LogP contribution in [0.15, 0.2) is 54.6 Å². The van der Waals surface area contributed by atoms with Gasteiger partial charge in [-0.3, -0.25) is 9.69 Å². The normalized spacial score (nSPS) is 25.3. The Morgan fingerprint density at radius 1 is 0.962 bits per heavy atom. The summed E-state index contributed by atoms with van der Waals surface area (Å²) in [5.41, 5.74) is 1.17. The highest BCUT2D eigenvalue weighted by molar-refractivity contribution is 7.91. The number of para-hydroxylation sites is 1. The van der Waals surface area contributed by atoms with Crippen LogP contribution >= 0.6 is 0 Å². The highest BCUT2D eigenvalue weighted by Gasteiger charge is 2.49. The Kier molecular flexibility index (Phi) is 4.28. The standard InChI is InChI=1S/C19H19FN2O3S/c20-16-9-5-4-6-14(16)10-21-11-19(23)22(15-7-2-1-3-8-15)18-13-26(24,25)12-17(18)21/h1-9,17-18H,10-13H2. The molecule has 2 atom stereocenters. The Bertz CT molecular complexity index is 933. The molecule has 2 aromatic carbocycles. The maximum absolute atomic E-state index is 14.0. The van der Waals surface area contributed by atoms with Gasteiger partial charge >= 0.3 is 0 Å². The number of hydrogen-bond donors (Lipinski definition) is 0. The second kappa shape index (κ2) is 6.48. The van der Waals surface area contributed by atoms with Crippen LogP contribution in [0.4, 0.5) is 10.1 Å². The first-order valence-corrected chi connectivity index (χ1v) is 10.3. The first-order chi connectivity index (χ1) is 12.4. The lowest BCUT2D eigenvalue weighted by Crippen LogP contribution is -2.61. The molecule has 0 bridgehead atoms. The van der Waals surface area contributed by atoms with Crippen LogP contribution in [0.25, 0.3) is 0 Å². The van der Waals surface area contributed by atoms with Crippen molar-refractivity contribution in [3.63, 3.8) is 0 Å². The number of sulfone groups is 1. The number of anilines is 1. The molecule has 0 aliphatic carbocycles. The lowest BCUT2D eigenvalue weighted by Gasteiger charge is -2.43. The Morgan fingerprint density at radius 3 is 2.35 bits per heavy atom. The summed E-state index contributed by atoms with van der Waals surface area (Å²) in [5.74, 6) is -0.580. The number of hydrogen-bond acceptors (Lipinski definition) is 4. The third kappa shape index (κ3) is 3.12. The van der Waals surface area contributed by atoms with Crippen LogP contribution in [0.1, 0.15) is 5.56 Å². The Labute approximate surface area is 152 Å². The van der Waals surface area contributed by atoms with Gasteiger partial charge < -0.3 is 4.90 Å². The summed E-state index contributed by atoms with van der Waals surface area (Å²) >= 11 is 0. The first-order valence-electron chi connectivity index (χ1n) is 8.49. The van der Waals surface area contributed by atoms with E-state index < -0.39 is 15.9 Å². The molecule has 136 valence electrons. The number of halogens is 1. The molecule has 0 radical (unpaired) electrons. The van der Waals surface area contributed by atoms with E-state index in [0.29, 0.717) is 11.3 Å². The quantitative estimate of drug-likeness (QED) is 0.823. The van der Waals surface area contributed by atoms with E-state index in [9.17, 15) is 17.6 Å². The topological polar surface area (TPSA) is 57.7 Å². The van der Waals surface area contributed by atoms with Crippen LogP contribution < -0.4 is 4.90 Å². The van der Waals surface area contributed by atoms with Gasteiger partial charge in [-0.1, -0.05) is 36.4 Å². The Morgan fingerprint density at radius 2 is 1.62 bits per heavy atom. The summed E-state index contributed by atoms with van der Waals surface area (Å²) in [6, 6.07) is 14.7. The summed E-state index contributed by atoms with van der Waals surface area (Å²) < 4.78 is 38.7. The molecule has 0 saturated carbocycles. The maximum atomic E-state index is 14.0. The molecular weight excluding hydrogens is 355 g/mol. The average molecular weight is 374 g/mol.